The van der Waals surface area contributed by atoms with Gasteiger partial charge in [0.25, 0.3) is 0 Å². The number of hydrogen-bond acceptors (Lipinski definition) is 2. The fourth-order valence-corrected chi connectivity index (χ4v) is 3.17. The van der Waals surface area contributed by atoms with Gasteiger partial charge >= 0.3 is 0 Å². The van der Waals surface area contributed by atoms with Crippen molar-refractivity contribution in [2.75, 3.05) is 16.8 Å². The Morgan fingerprint density at radius 1 is 1.08 bits per heavy atom. The molecular formula is C20H22N2O2. The molecule has 1 fully saturated rings. The van der Waals surface area contributed by atoms with Crippen molar-refractivity contribution in [3.8, 4) is 0 Å². The number of hydrogen-bond donors (Lipinski definition) is 1. The van der Waals surface area contributed by atoms with E-state index in [1.807, 2.05) is 63.2 Å². The van der Waals surface area contributed by atoms with Gasteiger partial charge in [0, 0.05) is 24.3 Å². The average molecular weight is 322 g/mol. The van der Waals surface area contributed by atoms with Crippen molar-refractivity contribution in [1.29, 1.82) is 0 Å². The molecule has 0 aliphatic carbocycles. The maximum atomic E-state index is 12.6. The molecule has 0 spiro atoms. The van der Waals surface area contributed by atoms with Crippen LogP contribution in [-0.2, 0) is 9.59 Å². The van der Waals surface area contributed by atoms with Crippen LogP contribution >= 0.6 is 0 Å². The second-order valence-corrected chi connectivity index (χ2v) is 6.50. The topological polar surface area (TPSA) is 49.4 Å². The maximum Gasteiger partial charge on any atom is 0.229 e. The number of carbonyl (C=O) groups excluding carboxylic acids is 2. The van der Waals surface area contributed by atoms with Crippen LogP contribution in [-0.4, -0.2) is 18.4 Å². The van der Waals surface area contributed by atoms with Crippen molar-refractivity contribution in [2.45, 2.75) is 27.2 Å². The van der Waals surface area contributed by atoms with E-state index in [0.717, 1.165) is 28.1 Å². The molecule has 1 N–H and O–H groups in total. The minimum atomic E-state index is -0.321. The molecule has 0 saturated carbocycles. The summed E-state index contributed by atoms with van der Waals surface area (Å²) in [6.45, 7) is 6.41. The Morgan fingerprint density at radius 3 is 2.54 bits per heavy atom. The molecule has 0 unspecified atom stereocenters. The summed E-state index contributed by atoms with van der Waals surface area (Å²) < 4.78 is 0. The van der Waals surface area contributed by atoms with Gasteiger partial charge in [0.15, 0.2) is 0 Å². The highest BCUT2D eigenvalue weighted by Gasteiger charge is 2.35. The van der Waals surface area contributed by atoms with E-state index in [-0.39, 0.29) is 24.2 Å². The molecule has 2 amide bonds. The van der Waals surface area contributed by atoms with E-state index in [1.54, 1.807) is 4.90 Å². The van der Waals surface area contributed by atoms with Gasteiger partial charge in [-0.2, -0.15) is 0 Å². The van der Waals surface area contributed by atoms with Crippen LogP contribution in [0.25, 0.3) is 0 Å². The van der Waals surface area contributed by atoms with Crippen molar-refractivity contribution < 1.29 is 9.59 Å². The maximum absolute atomic E-state index is 12.6. The minimum Gasteiger partial charge on any atom is -0.326 e. The Bertz CT molecular complexity index is 798. The SMILES string of the molecule is Cc1ccc(NC(=O)[C@@H]2CC(=O)N(c3ccccc3C)C2)c(C)c1. The molecule has 0 radical (unpaired) electrons. The third-order valence-electron chi connectivity index (χ3n) is 4.54. The molecule has 4 heteroatoms. The van der Waals surface area contributed by atoms with E-state index < -0.39 is 0 Å². The first kappa shape index (κ1) is 16.2. The lowest BCUT2D eigenvalue weighted by Gasteiger charge is -2.19. The van der Waals surface area contributed by atoms with Crippen LogP contribution in [0.15, 0.2) is 42.5 Å². The molecule has 1 aliphatic rings. The number of nitrogens with one attached hydrogen (secondary N) is 1. The van der Waals surface area contributed by atoms with Crippen LogP contribution < -0.4 is 10.2 Å². The van der Waals surface area contributed by atoms with Crippen molar-refractivity contribution in [3.63, 3.8) is 0 Å². The zero-order valence-corrected chi connectivity index (χ0v) is 14.3. The third kappa shape index (κ3) is 3.18. The summed E-state index contributed by atoms with van der Waals surface area (Å²) >= 11 is 0. The molecule has 2 aromatic rings. The lowest BCUT2D eigenvalue weighted by molar-refractivity contribution is -0.122. The van der Waals surface area contributed by atoms with Crippen LogP contribution in [0.1, 0.15) is 23.1 Å². The summed E-state index contributed by atoms with van der Waals surface area (Å²) in [4.78, 5) is 26.6. The first-order valence-electron chi connectivity index (χ1n) is 8.20. The van der Waals surface area contributed by atoms with Gasteiger partial charge in [-0.25, -0.2) is 0 Å². The Hall–Kier alpha value is -2.62. The first-order valence-corrected chi connectivity index (χ1v) is 8.20. The van der Waals surface area contributed by atoms with Crippen molar-refractivity contribution >= 4 is 23.2 Å². The van der Waals surface area contributed by atoms with E-state index in [4.69, 9.17) is 0 Å². The number of amides is 2. The monoisotopic (exact) mass is 322 g/mol. The van der Waals surface area contributed by atoms with E-state index in [2.05, 4.69) is 5.32 Å². The molecule has 124 valence electrons. The van der Waals surface area contributed by atoms with Crippen molar-refractivity contribution in [3.05, 3.63) is 59.2 Å². The highest BCUT2D eigenvalue weighted by Crippen LogP contribution is 2.28. The van der Waals surface area contributed by atoms with Gasteiger partial charge in [-0.3, -0.25) is 9.59 Å². The number of anilines is 2. The summed E-state index contributed by atoms with van der Waals surface area (Å²) in [5.41, 5.74) is 4.94. The fourth-order valence-electron chi connectivity index (χ4n) is 3.17. The van der Waals surface area contributed by atoms with E-state index in [0.29, 0.717) is 6.54 Å². The van der Waals surface area contributed by atoms with Gasteiger partial charge < -0.3 is 10.2 Å². The van der Waals surface area contributed by atoms with Gasteiger partial charge in [0.05, 0.1) is 5.92 Å². The number of nitrogens with zero attached hydrogens (tertiary/aromatic N) is 1. The van der Waals surface area contributed by atoms with Gasteiger partial charge in [0.2, 0.25) is 11.8 Å². The Morgan fingerprint density at radius 2 is 1.83 bits per heavy atom. The summed E-state index contributed by atoms with van der Waals surface area (Å²) in [6.07, 6.45) is 0.255. The van der Waals surface area contributed by atoms with Crippen LogP contribution in [0.2, 0.25) is 0 Å². The van der Waals surface area contributed by atoms with E-state index in [1.165, 1.54) is 0 Å². The fraction of sp³-hybridized carbons (Fsp3) is 0.300. The summed E-state index contributed by atoms with van der Waals surface area (Å²) in [5, 5.41) is 2.97. The highest BCUT2D eigenvalue weighted by molar-refractivity contribution is 6.04. The highest BCUT2D eigenvalue weighted by atomic mass is 16.2. The Balaban J connectivity index is 1.73. The molecule has 1 aliphatic heterocycles. The molecule has 0 bridgehead atoms. The van der Waals surface area contributed by atoms with Crippen LogP contribution in [0.5, 0.6) is 0 Å². The zero-order chi connectivity index (χ0) is 17.3. The number of carbonyl (C=O) groups is 2. The molecule has 2 aromatic carbocycles. The minimum absolute atomic E-state index is 0.00470. The molecule has 1 atom stereocenters. The second-order valence-electron chi connectivity index (χ2n) is 6.50. The number of benzene rings is 2. The van der Waals surface area contributed by atoms with Gasteiger partial charge in [-0.05, 0) is 44.0 Å². The second kappa shape index (κ2) is 6.48. The molecule has 3 rings (SSSR count). The van der Waals surface area contributed by atoms with Crippen LogP contribution in [0, 0.1) is 26.7 Å². The van der Waals surface area contributed by atoms with Crippen molar-refractivity contribution in [1.82, 2.24) is 0 Å². The summed E-state index contributed by atoms with van der Waals surface area (Å²) in [5.74, 6) is -0.408. The Kier molecular flexibility index (Phi) is 4.38. The zero-order valence-electron chi connectivity index (χ0n) is 14.3. The third-order valence-corrected chi connectivity index (χ3v) is 4.54. The molecule has 0 aromatic heterocycles. The normalized spacial score (nSPS) is 17.2. The predicted octanol–water partition coefficient (Wildman–Crippen LogP) is 3.60. The van der Waals surface area contributed by atoms with Gasteiger partial charge in [-0.15, -0.1) is 0 Å². The van der Waals surface area contributed by atoms with Crippen LogP contribution in [0.3, 0.4) is 0 Å². The smallest absolute Gasteiger partial charge is 0.229 e. The lowest BCUT2D eigenvalue weighted by Crippen LogP contribution is -2.28. The number of para-hydroxylation sites is 1. The standard InChI is InChI=1S/C20H22N2O2/c1-13-8-9-17(15(3)10-13)21-20(24)16-11-19(23)22(12-16)18-7-5-4-6-14(18)2/h4-10,16H,11-12H2,1-3H3,(H,21,24)/t16-/m1/s1. The average Bonchev–Trinajstić information content (AvgIpc) is 2.92. The van der Waals surface area contributed by atoms with Crippen LogP contribution in [0.4, 0.5) is 11.4 Å². The quantitative estimate of drug-likeness (QED) is 0.938. The largest absolute Gasteiger partial charge is 0.326 e. The first-order chi connectivity index (χ1) is 11.5. The van der Waals surface area contributed by atoms with E-state index >= 15 is 0 Å². The summed E-state index contributed by atoms with van der Waals surface area (Å²) in [7, 11) is 0. The molecular weight excluding hydrogens is 300 g/mol. The molecule has 1 heterocycles. The van der Waals surface area contributed by atoms with E-state index in [9.17, 15) is 9.59 Å². The van der Waals surface area contributed by atoms with Crippen molar-refractivity contribution in [2.24, 2.45) is 5.92 Å². The predicted molar refractivity (Wildman–Crippen MR) is 96.2 cm³/mol. The molecule has 4 nitrogen and oxygen atoms in total. The van der Waals surface area contributed by atoms with Gasteiger partial charge in [-0.1, -0.05) is 35.9 Å². The van der Waals surface area contributed by atoms with Gasteiger partial charge in [0.1, 0.15) is 0 Å². The molecule has 1 saturated heterocycles. The summed E-state index contributed by atoms with van der Waals surface area (Å²) in [6, 6.07) is 13.7. The Labute approximate surface area is 142 Å². The number of aryl methyl sites for hydroxylation is 3. The molecule has 24 heavy (non-hydrogen) atoms. The lowest BCUT2D eigenvalue weighted by atomic mass is 10.1. The number of rotatable bonds is 3.